The van der Waals surface area contributed by atoms with E-state index in [1.807, 2.05) is 62.4 Å². The Bertz CT molecular complexity index is 813. The molecule has 2 aromatic rings. The normalized spacial score (nSPS) is 13.0. The molecule has 5 nitrogen and oxygen atoms in total. The third-order valence-corrected chi connectivity index (χ3v) is 4.31. The van der Waals surface area contributed by atoms with Crippen LogP contribution in [0.5, 0.6) is 5.75 Å². The smallest absolute Gasteiger partial charge is 0.244 e. The van der Waals surface area contributed by atoms with Gasteiger partial charge in [-0.05, 0) is 55.7 Å². The SMILES string of the molecule is COc1ccc(/C=C/C(=O)NC(C)C(=O)NC(C)c2ccccc2C)cc1. The molecule has 0 spiro atoms. The second kappa shape index (κ2) is 9.57. The molecule has 0 fully saturated rings. The Morgan fingerprint density at radius 2 is 1.67 bits per heavy atom. The van der Waals surface area contributed by atoms with Crippen LogP contribution in [0.2, 0.25) is 0 Å². The van der Waals surface area contributed by atoms with Crippen LogP contribution in [0, 0.1) is 6.92 Å². The van der Waals surface area contributed by atoms with Gasteiger partial charge in [0.2, 0.25) is 11.8 Å². The van der Waals surface area contributed by atoms with Crippen molar-refractivity contribution in [3.05, 3.63) is 71.3 Å². The Morgan fingerprint density at radius 1 is 1.00 bits per heavy atom. The summed E-state index contributed by atoms with van der Waals surface area (Å²) in [5.74, 6) is 0.207. The van der Waals surface area contributed by atoms with Gasteiger partial charge >= 0.3 is 0 Å². The van der Waals surface area contributed by atoms with Crippen LogP contribution in [0.3, 0.4) is 0 Å². The van der Waals surface area contributed by atoms with Gasteiger partial charge in [-0.25, -0.2) is 0 Å². The van der Waals surface area contributed by atoms with E-state index in [-0.39, 0.29) is 17.9 Å². The molecule has 0 aromatic heterocycles. The first-order valence-corrected chi connectivity index (χ1v) is 8.89. The van der Waals surface area contributed by atoms with Crippen molar-refractivity contribution in [2.24, 2.45) is 0 Å². The zero-order valence-corrected chi connectivity index (χ0v) is 16.2. The number of ether oxygens (including phenoxy) is 1. The summed E-state index contributed by atoms with van der Waals surface area (Å²) >= 11 is 0. The van der Waals surface area contributed by atoms with Crippen molar-refractivity contribution in [3.8, 4) is 5.75 Å². The van der Waals surface area contributed by atoms with Crippen LogP contribution >= 0.6 is 0 Å². The summed E-state index contributed by atoms with van der Waals surface area (Å²) < 4.78 is 5.10. The van der Waals surface area contributed by atoms with Crippen molar-refractivity contribution >= 4 is 17.9 Å². The molecule has 0 saturated carbocycles. The number of amides is 2. The van der Waals surface area contributed by atoms with E-state index in [0.717, 1.165) is 22.4 Å². The van der Waals surface area contributed by atoms with E-state index in [1.54, 1.807) is 20.1 Å². The first-order chi connectivity index (χ1) is 12.9. The second-order valence-corrected chi connectivity index (χ2v) is 6.42. The van der Waals surface area contributed by atoms with Crippen LogP contribution < -0.4 is 15.4 Å². The summed E-state index contributed by atoms with van der Waals surface area (Å²) in [6.07, 6.45) is 3.10. The molecule has 5 heteroatoms. The molecule has 0 aliphatic rings. The minimum atomic E-state index is -0.635. The fourth-order valence-electron chi connectivity index (χ4n) is 2.70. The largest absolute Gasteiger partial charge is 0.497 e. The molecule has 2 amide bonds. The molecule has 2 unspecified atom stereocenters. The predicted molar refractivity (Wildman–Crippen MR) is 107 cm³/mol. The first kappa shape index (κ1) is 20.2. The van der Waals surface area contributed by atoms with E-state index >= 15 is 0 Å². The summed E-state index contributed by atoms with van der Waals surface area (Å²) in [5.41, 5.74) is 3.05. The van der Waals surface area contributed by atoms with E-state index in [4.69, 9.17) is 4.74 Å². The standard InChI is InChI=1S/C22H26N2O3/c1-15-7-5-6-8-20(15)16(2)24-22(26)17(3)23-21(25)14-11-18-9-12-19(27-4)13-10-18/h5-14,16-17H,1-4H3,(H,23,25)(H,24,26)/b14-11+. The molecule has 0 bridgehead atoms. The zero-order valence-electron chi connectivity index (χ0n) is 16.2. The van der Waals surface area contributed by atoms with E-state index in [2.05, 4.69) is 10.6 Å². The molecule has 0 saturated heterocycles. The molecule has 142 valence electrons. The maximum atomic E-state index is 12.4. The van der Waals surface area contributed by atoms with Crippen LogP contribution in [0.4, 0.5) is 0 Å². The van der Waals surface area contributed by atoms with Gasteiger partial charge in [-0.2, -0.15) is 0 Å². The highest BCUT2D eigenvalue weighted by molar-refractivity contribution is 5.95. The topological polar surface area (TPSA) is 67.4 Å². The lowest BCUT2D eigenvalue weighted by molar-refractivity contribution is -0.127. The van der Waals surface area contributed by atoms with Crippen molar-refractivity contribution in [3.63, 3.8) is 0 Å². The number of carbonyl (C=O) groups excluding carboxylic acids is 2. The fourth-order valence-corrected chi connectivity index (χ4v) is 2.70. The van der Waals surface area contributed by atoms with Gasteiger partial charge in [0.05, 0.1) is 13.2 Å². The Balaban J connectivity index is 1.88. The molecule has 0 aliphatic carbocycles. The minimum Gasteiger partial charge on any atom is -0.497 e. The van der Waals surface area contributed by atoms with Gasteiger partial charge in [0, 0.05) is 6.08 Å². The molecule has 0 heterocycles. The van der Waals surface area contributed by atoms with Crippen LogP contribution in [0.1, 0.15) is 36.6 Å². The lowest BCUT2D eigenvalue weighted by Crippen LogP contribution is -2.45. The van der Waals surface area contributed by atoms with E-state index in [1.165, 1.54) is 6.08 Å². The Morgan fingerprint density at radius 3 is 2.30 bits per heavy atom. The molecule has 2 N–H and O–H groups in total. The van der Waals surface area contributed by atoms with Crippen molar-refractivity contribution in [2.75, 3.05) is 7.11 Å². The van der Waals surface area contributed by atoms with Crippen molar-refractivity contribution in [1.29, 1.82) is 0 Å². The maximum Gasteiger partial charge on any atom is 0.244 e. The number of carbonyl (C=O) groups is 2. The highest BCUT2D eigenvalue weighted by Crippen LogP contribution is 2.16. The third kappa shape index (κ3) is 5.99. The Kier molecular flexibility index (Phi) is 7.17. The van der Waals surface area contributed by atoms with Crippen molar-refractivity contribution < 1.29 is 14.3 Å². The second-order valence-electron chi connectivity index (χ2n) is 6.42. The lowest BCUT2D eigenvalue weighted by Gasteiger charge is -2.19. The van der Waals surface area contributed by atoms with Gasteiger partial charge in [0.15, 0.2) is 0 Å². The Labute approximate surface area is 160 Å². The zero-order chi connectivity index (χ0) is 19.8. The summed E-state index contributed by atoms with van der Waals surface area (Å²) in [6.45, 7) is 5.60. The van der Waals surface area contributed by atoms with Gasteiger partial charge in [-0.3, -0.25) is 9.59 Å². The lowest BCUT2D eigenvalue weighted by atomic mass is 10.0. The quantitative estimate of drug-likeness (QED) is 0.738. The number of nitrogens with one attached hydrogen (secondary N) is 2. The maximum absolute atomic E-state index is 12.4. The van der Waals surface area contributed by atoms with Gasteiger partial charge in [-0.1, -0.05) is 36.4 Å². The highest BCUT2D eigenvalue weighted by atomic mass is 16.5. The number of rotatable bonds is 7. The number of aryl methyl sites for hydroxylation is 1. The van der Waals surface area contributed by atoms with Crippen LogP contribution in [0.15, 0.2) is 54.6 Å². The molecule has 2 aromatic carbocycles. The highest BCUT2D eigenvalue weighted by Gasteiger charge is 2.17. The molecule has 27 heavy (non-hydrogen) atoms. The first-order valence-electron chi connectivity index (χ1n) is 8.89. The summed E-state index contributed by atoms with van der Waals surface area (Å²) in [7, 11) is 1.60. The van der Waals surface area contributed by atoms with Gasteiger partial charge in [-0.15, -0.1) is 0 Å². The molecular weight excluding hydrogens is 340 g/mol. The molecular formula is C22H26N2O3. The van der Waals surface area contributed by atoms with Gasteiger partial charge in [0.1, 0.15) is 11.8 Å². The van der Waals surface area contributed by atoms with Crippen LogP contribution in [0.25, 0.3) is 6.08 Å². The summed E-state index contributed by atoms with van der Waals surface area (Å²) in [5, 5.41) is 5.62. The summed E-state index contributed by atoms with van der Waals surface area (Å²) in [4.78, 5) is 24.4. The van der Waals surface area contributed by atoms with Crippen LogP contribution in [-0.4, -0.2) is 25.0 Å². The van der Waals surface area contributed by atoms with E-state index < -0.39 is 6.04 Å². The molecule has 2 rings (SSSR count). The third-order valence-electron chi connectivity index (χ3n) is 4.31. The molecule has 0 aliphatic heterocycles. The number of hydrogen-bond donors (Lipinski definition) is 2. The van der Waals surface area contributed by atoms with E-state index in [9.17, 15) is 9.59 Å². The van der Waals surface area contributed by atoms with E-state index in [0.29, 0.717) is 0 Å². The van der Waals surface area contributed by atoms with Crippen molar-refractivity contribution in [1.82, 2.24) is 10.6 Å². The van der Waals surface area contributed by atoms with Crippen molar-refractivity contribution in [2.45, 2.75) is 32.9 Å². The number of methoxy groups -OCH3 is 1. The van der Waals surface area contributed by atoms with Gasteiger partial charge < -0.3 is 15.4 Å². The average Bonchev–Trinajstić information content (AvgIpc) is 2.66. The fraction of sp³-hybridized carbons (Fsp3) is 0.273. The average molecular weight is 366 g/mol. The summed E-state index contributed by atoms with van der Waals surface area (Å²) in [6, 6.07) is 14.5. The predicted octanol–water partition coefficient (Wildman–Crippen LogP) is 3.40. The number of benzene rings is 2. The monoisotopic (exact) mass is 366 g/mol. The molecule has 0 radical (unpaired) electrons. The van der Waals surface area contributed by atoms with Gasteiger partial charge in [0.25, 0.3) is 0 Å². The Hall–Kier alpha value is -3.08. The molecule has 2 atom stereocenters. The minimum absolute atomic E-state index is 0.132. The van der Waals surface area contributed by atoms with Crippen LogP contribution in [-0.2, 0) is 9.59 Å². The number of hydrogen-bond acceptors (Lipinski definition) is 3.